The fraction of sp³-hybridized carbons (Fsp3) is 0.500. The second-order valence-electron chi connectivity index (χ2n) is 5.31. The highest BCUT2D eigenvalue weighted by Gasteiger charge is 2.53. The van der Waals surface area contributed by atoms with Crippen LogP contribution in [0.2, 0.25) is 0 Å². The molecular formula is C14H16O2. The van der Waals surface area contributed by atoms with Crippen molar-refractivity contribution in [3.8, 4) is 5.75 Å². The summed E-state index contributed by atoms with van der Waals surface area (Å²) < 4.78 is 5.69. The normalized spacial score (nSPS) is 20.8. The summed E-state index contributed by atoms with van der Waals surface area (Å²) in [5.74, 6) is 1.53. The largest absolute Gasteiger partial charge is 0.492 e. The van der Waals surface area contributed by atoms with Crippen LogP contribution in [0.25, 0.3) is 0 Å². The van der Waals surface area contributed by atoms with Crippen LogP contribution >= 0.6 is 0 Å². The van der Waals surface area contributed by atoms with Gasteiger partial charge in [0.05, 0.1) is 11.0 Å². The molecule has 0 atom stereocenters. The Morgan fingerprint density at radius 1 is 1.31 bits per heavy atom. The molecule has 2 nitrogen and oxygen atoms in total. The molecular weight excluding hydrogens is 200 g/mol. The highest BCUT2D eigenvalue weighted by Crippen LogP contribution is 2.52. The summed E-state index contributed by atoms with van der Waals surface area (Å²) in [7, 11) is 0. The molecule has 1 aromatic carbocycles. The molecule has 0 saturated heterocycles. The Balaban J connectivity index is 2.06. The van der Waals surface area contributed by atoms with E-state index in [0.29, 0.717) is 18.3 Å². The third-order valence-corrected chi connectivity index (χ3v) is 3.75. The fourth-order valence-electron chi connectivity index (χ4n) is 2.30. The molecule has 1 aliphatic heterocycles. The molecule has 1 aliphatic carbocycles. The molecule has 16 heavy (non-hydrogen) atoms. The minimum absolute atomic E-state index is 0.150. The molecule has 0 unspecified atom stereocenters. The molecule has 3 rings (SSSR count). The van der Waals surface area contributed by atoms with Crippen molar-refractivity contribution in [3.63, 3.8) is 0 Å². The zero-order valence-electron chi connectivity index (χ0n) is 9.75. The first-order chi connectivity index (χ1) is 7.62. The minimum atomic E-state index is -0.150. The Kier molecular flexibility index (Phi) is 1.91. The molecule has 1 saturated carbocycles. The van der Waals surface area contributed by atoms with Gasteiger partial charge in [-0.1, -0.05) is 19.9 Å². The SMILES string of the molecule is CC(C)c1ccc2c(c1)C(=O)C1(CC1)CO2. The second kappa shape index (κ2) is 3.09. The Morgan fingerprint density at radius 3 is 2.69 bits per heavy atom. The van der Waals surface area contributed by atoms with E-state index < -0.39 is 0 Å². The first kappa shape index (κ1) is 9.88. The van der Waals surface area contributed by atoms with Crippen LogP contribution in [0.5, 0.6) is 5.75 Å². The lowest BCUT2D eigenvalue weighted by atomic mass is 9.89. The van der Waals surface area contributed by atoms with Crippen LogP contribution in [0.4, 0.5) is 0 Å². The number of fused-ring (bicyclic) bond motifs is 1. The van der Waals surface area contributed by atoms with E-state index in [1.54, 1.807) is 0 Å². The number of ether oxygens (including phenoxy) is 1. The Hall–Kier alpha value is -1.31. The Bertz CT molecular complexity index is 456. The van der Waals surface area contributed by atoms with Crippen LogP contribution in [-0.2, 0) is 0 Å². The van der Waals surface area contributed by atoms with Gasteiger partial charge in [-0.2, -0.15) is 0 Å². The first-order valence-electron chi connectivity index (χ1n) is 5.94. The molecule has 0 aromatic heterocycles. The van der Waals surface area contributed by atoms with Crippen molar-refractivity contribution < 1.29 is 9.53 Å². The number of carbonyl (C=O) groups is 1. The predicted octanol–water partition coefficient (Wildman–Crippen LogP) is 3.17. The molecule has 0 amide bonds. The standard InChI is InChI=1S/C14H16O2/c1-9(2)10-3-4-12-11(7-10)13(15)14(5-6-14)8-16-12/h3-4,7,9H,5-6,8H2,1-2H3. The zero-order chi connectivity index (χ0) is 11.3. The zero-order valence-corrected chi connectivity index (χ0v) is 9.75. The van der Waals surface area contributed by atoms with Crippen molar-refractivity contribution in [2.45, 2.75) is 32.6 Å². The van der Waals surface area contributed by atoms with E-state index in [1.165, 1.54) is 5.56 Å². The summed E-state index contributed by atoms with van der Waals surface area (Å²) in [5.41, 5.74) is 1.87. The lowest BCUT2D eigenvalue weighted by molar-refractivity contribution is 0.0798. The predicted molar refractivity (Wildman–Crippen MR) is 62.0 cm³/mol. The van der Waals surface area contributed by atoms with Crippen LogP contribution in [0.15, 0.2) is 18.2 Å². The van der Waals surface area contributed by atoms with Crippen molar-refractivity contribution in [1.29, 1.82) is 0 Å². The molecule has 1 fully saturated rings. The third-order valence-electron chi connectivity index (χ3n) is 3.75. The maximum Gasteiger partial charge on any atom is 0.176 e. The number of Topliss-reactive ketones (excluding diaryl/α,β-unsaturated/α-hetero) is 1. The van der Waals surface area contributed by atoms with Crippen molar-refractivity contribution in [1.82, 2.24) is 0 Å². The van der Waals surface area contributed by atoms with Gasteiger partial charge in [0.15, 0.2) is 5.78 Å². The molecule has 2 heteroatoms. The summed E-state index contributed by atoms with van der Waals surface area (Å²) in [5, 5.41) is 0. The van der Waals surface area contributed by atoms with E-state index in [9.17, 15) is 4.79 Å². The minimum Gasteiger partial charge on any atom is -0.492 e. The lowest BCUT2D eigenvalue weighted by Crippen LogP contribution is -2.29. The van der Waals surface area contributed by atoms with E-state index in [2.05, 4.69) is 19.9 Å². The molecule has 1 heterocycles. The van der Waals surface area contributed by atoms with Gasteiger partial charge < -0.3 is 4.74 Å². The average molecular weight is 216 g/mol. The number of rotatable bonds is 1. The second-order valence-corrected chi connectivity index (χ2v) is 5.31. The summed E-state index contributed by atoms with van der Waals surface area (Å²) in [6.45, 7) is 4.87. The van der Waals surface area contributed by atoms with Gasteiger partial charge in [-0.25, -0.2) is 0 Å². The topological polar surface area (TPSA) is 26.3 Å². The highest BCUT2D eigenvalue weighted by molar-refractivity contribution is 6.05. The van der Waals surface area contributed by atoms with Gasteiger partial charge in [-0.15, -0.1) is 0 Å². The Labute approximate surface area is 95.6 Å². The van der Waals surface area contributed by atoms with E-state index in [4.69, 9.17) is 4.74 Å². The lowest BCUT2D eigenvalue weighted by Gasteiger charge is -2.24. The van der Waals surface area contributed by atoms with Gasteiger partial charge in [-0.05, 0) is 36.5 Å². The van der Waals surface area contributed by atoms with Crippen LogP contribution in [0.1, 0.15) is 48.5 Å². The molecule has 0 bridgehead atoms. The molecule has 1 spiro atoms. The van der Waals surface area contributed by atoms with Gasteiger partial charge >= 0.3 is 0 Å². The first-order valence-corrected chi connectivity index (χ1v) is 5.94. The summed E-state index contributed by atoms with van der Waals surface area (Å²) in [4.78, 5) is 12.3. The van der Waals surface area contributed by atoms with Crippen LogP contribution in [0.3, 0.4) is 0 Å². The number of hydrogen-bond donors (Lipinski definition) is 0. The number of carbonyl (C=O) groups excluding carboxylic acids is 1. The Morgan fingerprint density at radius 2 is 2.06 bits per heavy atom. The molecule has 1 aromatic rings. The van der Waals surface area contributed by atoms with Crippen molar-refractivity contribution in [3.05, 3.63) is 29.3 Å². The van der Waals surface area contributed by atoms with E-state index >= 15 is 0 Å². The highest BCUT2D eigenvalue weighted by atomic mass is 16.5. The maximum atomic E-state index is 12.3. The third kappa shape index (κ3) is 1.29. The summed E-state index contributed by atoms with van der Waals surface area (Å²) in [6.07, 6.45) is 1.99. The number of hydrogen-bond acceptors (Lipinski definition) is 2. The van der Waals surface area contributed by atoms with E-state index in [1.807, 2.05) is 12.1 Å². The fourth-order valence-corrected chi connectivity index (χ4v) is 2.30. The van der Waals surface area contributed by atoms with Crippen LogP contribution in [0, 0.1) is 5.41 Å². The molecule has 2 aliphatic rings. The van der Waals surface area contributed by atoms with Gasteiger partial charge in [0.2, 0.25) is 0 Å². The average Bonchev–Trinajstić information content (AvgIpc) is 3.05. The van der Waals surface area contributed by atoms with Crippen molar-refractivity contribution in [2.75, 3.05) is 6.61 Å². The van der Waals surface area contributed by atoms with E-state index in [0.717, 1.165) is 24.2 Å². The summed E-state index contributed by atoms with van der Waals surface area (Å²) >= 11 is 0. The van der Waals surface area contributed by atoms with Gasteiger partial charge in [0.25, 0.3) is 0 Å². The number of benzene rings is 1. The van der Waals surface area contributed by atoms with Gasteiger partial charge in [-0.3, -0.25) is 4.79 Å². The monoisotopic (exact) mass is 216 g/mol. The molecule has 0 N–H and O–H groups in total. The quantitative estimate of drug-likeness (QED) is 0.720. The number of ketones is 1. The molecule has 84 valence electrons. The van der Waals surface area contributed by atoms with Crippen LogP contribution < -0.4 is 4.74 Å². The van der Waals surface area contributed by atoms with Gasteiger partial charge in [0.1, 0.15) is 12.4 Å². The van der Waals surface area contributed by atoms with Crippen molar-refractivity contribution in [2.24, 2.45) is 5.41 Å². The van der Waals surface area contributed by atoms with Crippen molar-refractivity contribution >= 4 is 5.78 Å². The molecule has 0 radical (unpaired) electrons. The maximum absolute atomic E-state index is 12.3. The van der Waals surface area contributed by atoms with E-state index in [-0.39, 0.29) is 5.41 Å². The smallest absolute Gasteiger partial charge is 0.176 e. The van der Waals surface area contributed by atoms with Crippen LogP contribution in [-0.4, -0.2) is 12.4 Å². The summed E-state index contributed by atoms with van der Waals surface area (Å²) in [6, 6.07) is 6.01. The van der Waals surface area contributed by atoms with Gasteiger partial charge in [0, 0.05) is 0 Å².